The molecule has 136 valence electrons. The number of piperidine rings is 1. The molecule has 1 heterocycles. The zero-order chi connectivity index (χ0) is 17.0. The van der Waals surface area contributed by atoms with Crippen LogP contribution in [0.5, 0.6) is 0 Å². The van der Waals surface area contributed by atoms with Crippen LogP contribution < -0.4 is 11.1 Å². The number of sulfonamides is 1. The molecule has 2 rings (SSSR count). The van der Waals surface area contributed by atoms with Crippen molar-refractivity contribution in [2.24, 2.45) is 17.6 Å². The van der Waals surface area contributed by atoms with Gasteiger partial charge in [-0.15, -0.1) is 12.4 Å². The molecule has 0 spiro atoms. The van der Waals surface area contributed by atoms with Crippen LogP contribution in [0, 0.1) is 11.8 Å². The molecule has 2 atom stereocenters. The summed E-state index contributed by atoms with van der Waals surface area (Å²) >= 11 is 0. The first-order valence-electron chi connectivity index (χ1n) is 7.93. The van der Waals surface area contributed by atoms with Gasteiger partial charge in [0, 0.05) is 31.7 Å². The topological polar surface area (TPSA) is 92.5 Å². The SMILES string of the molecule is CC1CC(C)CN(S(=O)(=O)c2cccc(C(=O)NCCN)c2)C1.Cl. The van der Waals surface area contributed by atoms with Crippen LogP contribution in [0.25, 0.3) is 0 Å². The highest BCUT2D eigenvalue weighted by Crippen LogP contribution is 2.26. The van der Waals surface area contributed by atoms with E-state index in [2.05, 4.69) is 19.2 Å². The molecule has 24 heavy (non-hydrogen) atoms. The first-order valence-corrected chi connectivity index (χ1v) is 9.37. The van der Waals surface area contributed by atoms with E-state index >= 15 is 0 Å². The lowest BCUT2D eigenvalue weighted by atomic mass is 9.94. The summed E-state index contributed by atoms with van der Waals surface area (Å²) in [6.07, 6.45) is 1.04. The molecule has 0 bridgehead atoms. The van der Waals surface area contributed by atoms with Crippen LogP contribution in [0.4, 0.5) is 0 Å². The van der Waals surface area contributed by atoms with Crippen molar-refractivity contribution in [1.82, 2.24) is 9.62 Å². The summed E-state index contributed by atoms with van der Waals surface area (Å²) in [5.41, 5.74) is 5.69. The molecule has 1 aliphatic rings. The van der Waals surface area contributed by atoms with Gasteiger partial charge in [-0.05, 0) is 36.5 Å². The van der Waals surface area contributed by atoms with E-state index in [1.807, 2.05) is 0 Å². The second kappa shape index (κ2) is 8.80. The molecule has 1 saturated heterocycles. The summed E-state index contributed by atoms with van der Waals surface area (Å²) in [6.45, 7) is 5.88. The fraction of sp³-hybridized carbons (Fsp3) is 0.562. The Morgan fingerprint density at radius 1 is 1.29 bits per heavy atom. The predicted molar refractivity (Wildman–Crippen MR) is 96.8 cm³/mol. The molecule has 1 aromatic carbocycles. The van der Waals surface area contributed by atoms with E-state index in [-0.39, 0.29) is 23.2 Å². The van der Waals surface area contributed by atoms with Crippen molar-refractivity contribution in [2.45, 2.75) is 25.2 Å². The van der Waals surface area contributed by atoms with E-state index in [0.29, 0.717) is 43.6 Å². The number of halogens is 1. The van der Waals surface area contributed by atoms with Gasteiger partial charge < -0.3 is 11.1 Å². The lowest BCUT2D eigenvalue weighted by Crippen LogP contribution is -2.42. The van der Waals surface area contributed by atoms with Crippen molar-refractivity contribution < 1.29 is 13.2 Å². The number of carbonyl (C=O) groups excluding carboxylic acids is 1. The second-order valence-electron chi connectivity index (χ2n) is 6.34. The third-order valence-electron chi connectivity index (χ3n) is 4.00. The number of carbonyl (C=O) groups is 1. The summed E-state index contributed by atoms with van der Waals surface area (Å²) in [6, 6.07) is 6.18. The molecule has 1 amide bonds. The Bertz CT molecular complexity index is 656. The van der Waals surface area contributed by atoms with Crippen molar-refractivity contribution in [1.29, 1.82) is 0 Å². The van der Waals surface area contributed by atoms with E-state index in [1.54, 1.807) is 18.2 Å². The largest absolute Gasteiger partial charge is 0.351 e. The van der Waals surface area contributed by atoms with Gasteiger partial charge in [0.05, 0.1) is 4.90 Å². The van der Waals surface area contributed by atoms with E-state index in [9.17, 15) is 13.2 Å². The van der Waals surface area contributed by atoms with Gasteiger partial charge in [-0.3, -0.25) is 4.79 Å². The molecule has 1 fully saturated rings. The molecule has 0 aromatic heterocycles. The minimum absolute atomic E-state index is 0. The Balaban J connectivity index is 0.00000288. The average molecular weight is 376 g/mol. The lowest BCUT2D eigenvalue weighted by Gasteiger charge is -2.34. The quantitative estimate of drug-likeness (QED) is 0.814. The van der Waals surface area contributed by atoms with E-state index in [0.717, 1.165) is 6.42 Å². The normalized spacial score (nSPS) is 21.8. The fourth-order valence-corrected chi connectivity index (χ4v) is 4.76. The van der Waals surface area contributed by atoms with E-state index < -0.39 is 10.0 Å². The molecular formula is C16H26ClN3O3S. The van der Waals surface area contributed by atoms with Crippen LogP contribution in [0.15, 0.2) is 29.2 Å². The minimum atomic E-state index is -3.58. The van der Waals surface area contributed by atoms with Crippen LogP contribution in [0.3, 0.4) is 0 Å². The maximum atomic E-state index is 12.8. The average Bonchev–Trinajstić information content (AvgIpc) is 2.51. The third-order valence-corrected chi connectivity index (χ3v) is 5.83. The zero-order valence-corrected chi connectivity index (χ0v) is 15.7. The van der Waals surface area contributed by atoms with Crippen molar-refractivity contribution in [3.63, 3.8) is 0 Å². The number of nitrogens with zero attached hydrogens (tertiary/aromatic N) is 1. The Morgan fingerprint density at radius 2 is 1.92 bits per heavy atom. The van der Waals surface area contributed by atoms with Gasteiger partial charge in [0.2, 0.25) is 10.0 Å². The van der Waals surface area contributed by atoms with Gasteiger partial charge in [0.15, 0.2) is 0 Å². The second-order valence-corrected chi connectivity index (χ2v) is 8.28. The van der Waals surface area contributed by atoms with Crippen molar-refractivity contribution >= 4 is 28.3 Å². The first-order chi connectivity index (χ1) is 10.8. The molecule has 2 unspecified atom stereocenters. The van der Waals surface area contributed by atoms with Crippen LogP contribution >= 0.6 is 12.4 Å². The molecule has 1 aliphatic heterocycles. The highest BCUT2D eigenvalue weighted by molar-refractivity contribution is 7.89. The molecule has 0 radical (unpaired) electrons. The van der Waals surface area contributed by atoms with E-state index in [1.165, 1.54) is 10.4 Å². The lowest BCUT2D eigenvalue weighted by molar-refractivity contribution is 0.0954. The molecule has 0 saturated carbocycles. The molecule has 0 aliphatic carbocycles. The van der Waals surface area contributed by atoms with E-state index in [4.69, 9.17) is 5.73 Å². The molecule has 1 aromatic rings. The van der Waals surface area contributed by atoms with Gasteiger partial charge in [-0.25, -0.2) is 8.42 Å². The first kappa shape index (κ1) is 20.9. The van der Waals surface area contributed by atoms with Crippen molar-refractivity contribution in [2.75, 3.05) is 26.2 Å². The standard InChI is InChI=1S/C16H25N3O3S.ClH/c1-12-8-13(2)11-19(10-12)23(21,22)15-5-3-4-14(9-15)16(20)18-7-6-17;/h3-5,9,12-13H,6-8,10-11,17H2,1-2H3,(H,18,20);1H. The van der Waals surface area contributed by atoms with Crippen molar-refractivity contribution in [3.8, 4) is 0 Å². The number of nitrogens with one attached hydrogen (secondary N) is 1. The molecule has 6 nitrogen and oxygen atoms in total. The zero-order valence-electron chi connectivity index (χ0n) is 14.1. The Labute approximate surface area is 150 Å². The monoisotopic (exact) mass is 375 g/mol. The van der Waals surface area contributed by atoms with Crippen LogP contribution in [-0.4, -0.2) is 44.8 Å². The van der Waals surface area contributed by atoms with Crippen LogP contribution in [-0.2, 0) is 10.0 Å². The van der Waals surface area contributed by atoms with Crippen LogP contribution in [0.2, 0.25) is 0 Å². The maximum Gasteiger partial charge on any atom is 0.251 e. The van der Waals surface area contributed by atoms with Gasteiger partial charge >= 0.3 is 0 Å². The predicted octanol–water partition coefficient (Wildman–Crippen LogP) is 1.46. The summed E-state index contributed by atoms with van der Waals surface area (Å²) < 4.78 is 27.2. The third kappa shape index (κ3) is 4.92. The number of hydrogen-bond acceptors (Lipinski definition) is 4. The molecule has 8 heteroatoms. The van der Waals surface area contributed by atoms with Gasteiger partial charge in [-0.2, -0.15) is 4.31 Å². The Morgan fingerprint density at radius 3 is 2.50 bits per heavy atom. The van der Waals surface area contributed by atoms with Crippen LogP contribution in [0.1, 0.15) is 30.6 Å². The van der Waals surface area contributed by atoms with Crippen molar-refractivity contribution in [3.05, 3.63) is 29.8 Å². The number of hydrogen-bond donors (Lipinski definition) is 2. The molecule has 3 N–H and O–H groups in total. The Kier molecular flexibility index (Phi) is 7.66. The minimum Gasteiger partial charge on any atom is -0.351 e. The molecular weight excluding hydrogens is 350 g/mol. The van der Waals surface area contributed by atoms with Gasteiger partial charge in [0.25, 0.3) is 5.91 Å². The highest BCUT2D eigenvalue weighted by atomic mass is 35.5. The summed E-state index contributed by atoms with van der Waals surface area (Å²) in [5, 5.41) is 2.65. The summed E-state index contributed by atoms with van der Waals surface area (Å²) in [5.74, 6) is 0.363. The summed E-state index contributed by atoms with van der Waals surface area (Å²) in [4.78, 5) is 12.2. The number of rotatable bonds is 5. The van der Waals surface area contributed by atoms with Gasteiger partial charge in [-0.1, -0.05) is 19.9 Å². The summed E-state index contributed by atoms with van der Waals surface area (Å²) in [7, 11) is -3.58. The smallest absolute Gasteiger partial charge is 0.251 e. The highest BCUT2D eigenvalue weighted by Gasteiger charge is 2.31. The van der Waals surface area contributed by atoms with Gasteiger partial charge in [0.1, 0.15) is 0 Å². The Hall–Kier alpha value is -1.15. The fourth-order valence-electron chi connectivity index (χ4n) is 3.04. The maximum absolute atomic E-state index is 12.8. The number of nitrogens with two attached hydrogens (primary N) is 1. The number of benzene rings is 1. The number of amides is 1.